The highest BCUT2D eigenvalue weighted by Gasteiger charge is 2.23. The van der Waals surface area contributed by atoms with Crippen molar-refractivity contribution in [3.05, 3.63) is 56.9 Å². The minimum Gasteiger partial charge on any atom is -0.307 e. The molecule has 26 heavy (non-hydrogen) atoms. The molecule has 0 atom stereocenters. The van der Waals surface area contributed by atoms with E-state index in [0.717, 1.165) is 22.5 Å². The molecule has 4 aromatic rings. The standard InChI is InChI=1S/C18H17ClN6O/c1-9-14(16(24(4)22-9)12-5-7-13(19)8-6-12)17-20-10(2)15-18(26)21-11(3)23-25(15)17/h5-8H,1-4H3,(H,21,23,26). The van der Waals surface area contributed by atoms with Crippen molar-refractivity contribution in [2.45, 2.75) is 20.8 Å². The molecule has 132 valence electrons. The van der Waals surface area contributed by atoms with E-state index in [1.54, 1.807) is 18.4 Å². The smallest absolute Gasteiger partial charge is 0.277 e. The Morgan fingerprint density at radius 3 is 2.42 bits per heavy atom. The van der Waals surface area contributed by atoms with E-state index in [1.165, 1.54) is 0 Å². The Kier molecular flexibility index (Phi) is 3.69. The quantitative estimate of drug-likeness (QED) is 0.589. The van der Waals surface area contributed by atoms with Crippen LogP contribution in [-0.4, -0.2) is 29.4 Å². The molecule has 3 aromatic heterocycles. The molecule has 1 aromatic carbocycles. The highest BCUT2D eigenvalue weighted by molar-refractivity contribution is 6.30. The molecule has 0 aliphatic rings. The maximum Gasteiger partial charge on any atom is 0.277 e. The van der Waals surface area contributed by atoms with Crippen LogP contribution in [0.25, 0.3) is 28.2 Å². The van der Waals surface area contributed by atoms with Crippen LogP contribution < -0.4 is 5.56 Å². The first-order valence-electron chi connectivity index (χ1n) is 8.13. The highest BCUT2D eigenvalue weighted by atomic mass is 35.5. The molecule has 7 nitrogen and oxygen atoms in total. The first-order valence-corrected chi connectivity index (χ1v) is 8.50. The number of hydrogen-bond acceptors (Lipinski definition) is 4. The van der Waals surface area contributed by atoms with Gasteiger partial charge >= 0.3 is 0 Å². The van der Waals surface area contributed by atoms with Crippen molar-refractivity contribution < 1.29 is 0 Å². The van der Waals surface area contributed by atoms with Gasteiger partial charge in [-0.25, -0.2) is 9.50 Å². The molecule has 0 saturated heterocycles. The third-order valence-corrected chi connectivity index (χ3v) is 4.60. The van der Waals surface area contributed by atoms with Gasteiger partial charge in [-0.05, 0) is 32.9 Å². The summed E-state index contributed by atoms with van der Waals surface area (Å²) in [6.45, 7) is 5.47. The predicted octanol–water partition coefficient (Wildman–Crippen LogP) is 3.06. The van der Waals surface area contributed by atoms with Crippen molar-refractivity contribution in [1.29, 1.82) is 0 Å². The summed E-state index contributed by atoms with van der Waals surface area (Å²) in [5.41, 5.74) is 4.37. The fraction of sp³-hybridized carbons (Fsp3) is 0.222. The average Bonchev–Trinajstić information content (AvgIpc) is 3.04. The SMILES string of the molecule is Cc1nn2c(-c3c(C)nn(C)c3-c3ccc(Cl)cc3)nc(C)c2c(=O)[nH]1. The molecule has 1 N–H and O–H groups in total. The van der Waals surface area contributed by atoms with Gasteiger partial charge in [0.15, 0.2) is 11.3 Å². The van der Waals surface area contributed by atoms with Crippen LogP contribution in [0.15, 0.2) is 29.1 Å². The van der Waals surface area contributed by atoms with Crippen molar-refractivity contribution >= 4 is 17.1 Å². The number of nitrogens with zero attached hydrogens (tertiary/aromatic N) is 5. The van der Waals surface area contributed by atoms with Crippen LogP contribution in [0, 0.1) is 20.8 Å². The maximum atomic E-state index is 12.4. The number of H-pyrrole nitrogens is 1. The molecule has 0 radical (unpaired) electrons. The van der Waals surface area contributed by atoms with Gasteiger partial charge in [0.05, 0.1) is 22.6 Å². The third kappa shape index (κ3) is 2.43. The average molecular weight is 369 g/mol. The van der Waals surface area contributed by atoms with E-state index < -0.39 is 0 Å². The molecule has 8 heteroatoms. The lowest BCUT2D eigenvalue weighted by molar-refractivity contribution is 0.764. The summed E-state index contributed by atoms with van der Waals surface area (Å²) >= 11 is 6.03. The van der Waals surface area contributed by atoms with Crippen LogP contribution >= 0.6 is 11.6 Å². The Hall–Kier alpha value is -2.93. The van der Waals surface area contributed by atoms with Crippen LogP contribution in [0.4, 0.5) is 0 Å². The fourth-order valence-electron chi connectivity index (χ4n) is 3.30. The molecule has 0 aliphatic carbocycles. The van der Waals surface area contributed by atoms with E-state index in [4.69, 9.17) is 11.6 Å². The number of fused-ring (bicyclic) bond motifs is 1. The van der Waals surface area contributed by atoms with E-state index in [1.807, 2.05) is 42.9 Å². The van der Waals surface area contributed by atoms with Crippen molar-refractivity contribution in [3.8, 4) is 22.6 Å². The molecule has 0 spiro atoms. The van der Waals surface area contributed by atoms with Gasteiger partial charge < -0.3 is 4.98 Å². The number of halogens is 1. The lowest BCUT2D eigenvalue weighted by Crippen LogP contribution is -2.15. The summed E-state index contributed by atoms with van der Waals surface area (Å²) in [5, 5.41) is 9.70. The summed E-state index contributed by atoms with van der Waals surface area (Å²) in [5.74, 6) is 1.12. The Bertz CT molecular complexity index is 1200. The molecule has 0 aliphatic heterocycles. The van der Waals surface area contributed by atoms with E-state index in [2.05, 4.69) is 20.2 Å². The summed E-state index contributed by atoms with van der Waals surface area (Å²) in [7, 11) is 1.88. The summed E-state index contributed by atoms with van der Waals surface area (Å²) < 4.78 is 3.41. The Labute approximate surface area is 154 Å². The van der Waals surface area contributed by atoms with Gasteiger partial charge in [0.2, 0.25) is 0 Å². The first kappa shape index (κ1) is 16.5. The molecule has 0 unspecified atom stereocenters. The number of imidazole rings is 1. The zero-order valence-electron chi connectivity index (χ0n) is 14.8. The maximum absolute atomic E-state index is 12.4. The largest absolute Gasteiger partial charge is 0.307 e. The topological polar surface area (TPSA) is 80.9 Å². The number of aromatic nitrogens is 6. The molecular weight excluding hydrogens is 352 g/mol. The van der Waals surface area contributed by atoms with E-state index in [-0.39, 0.29) is 5.56 Å². The van der Waals surface area contributed by atoms with Gasteiger partial charge in [0.25, 0.3) is 5.56 Å². The van der Waals surface area contributed by atoms with E-state index in [0.29, 0.717) is 27.9 Å². The number of benzene rings is 1. The van der Waals surface area contributed by atoms with Gasteiger partial charge in [-0.3, -0.25) is 9.48 Å². The second-order valence-corrected chi connectivity index (χ2v) is 6.70. The van der Waals surface area contributed by atoms with E-state index in [9.17, 15) is 4.79 Å². The summed E-state index contributed by atoms with van der Waals surface area (Å²) in [4.78, 5) is 19.7. The number of hydrogen-bond donors (Lipinski definition) is 1. The Balaban J connectivity index is 2.08. The second-order valence-electron chi connectivity index (χ2n) is 6.26. The lowest BCUT2D eigenvalue weighted by Gasteiger charge is -2.07. The number of aryl methyl sites for hydroxylation is 4. The molecule has 0 bridgehead atoms. The minimum absolute atomic E-state index is 0.205. The van der Waals surface area contributed by atoms with Crippen LogP contribution in [-0.2, 0) is 7.05 Å². The predicted molar refractivity (Wildman–Crippen MR) is 100 cm³/mol. The van der Waals surface area contributed by atoms with E-state index >= 15 is 0 Å². The van der Waals surface area contributed by atoms with Gasteiger partial charge in [0, 0.05) is 17.6 Å². The Morgan fingerprint density at radius 1 is 1.04 bits per heavy atom. The number of rotatable bonds is 2. The van der Waals surface area contributed by atoms with Crippen molar-refractivity contribution in [2.75, 3.05) is 0 Å². The number of aromatic amines is 1. The second kappa shape index (κ2) is 5.81. The molecular formula is C18H17ClN6O. The first-order chi connectivity index (χ1) is 12.4. The normalized spacial score (nSPS) is 11.4. The molecule has 0 fully saturated rings. The molecule has 0 saturated carbocycles. The third-order valence-electron chi connectivity index (χ3n) is 4.35. The Morgan fingerprint density at radius 2 is 1.73 bits per heavy atom. The molecule has 0 amide bonds. The van der Waals surface area contributed by atoms with Crippen LogP contribution in [0.3, 0.4) is 0 Å². The van der Waals surface area contributed by atoms with Crippen LogP contribution in [0.5, 0.6) is 0 Å². The molecule has 3 heterocycles. The highest BCUT2D eigenvalue weighted by Crippen LogP contribution is 2.34. The van der Waals surface area contributed by atoms with Crippen LogP contribution in [0.1, 0.15) is 17.2 Å². The van der Waals surface area contributed by atoms with Crippen LogP contribution in [0.2, 0.25) is 5.02 Å². The van der Waals surface area contributed by atoms with Gasteiger partial charge in [-0.1, -0.05) is 23.7 Å². The molecule has 4 rings (SSSR count). The fourth-order valence-corrected chi connectivity index (χ4v) is 3.43. The van der Waals surface area contributed by atoms with Gasteiger partial charge in [-0.2, -0.15) is 10.2 Å². The summed E-state index contributed by atoms with van der Waals surface area (Å²) in [6.07, 6.45) is 0. The van der Waals surface area contributed by atoms with Crippen molar-refractivity contribution in [1.82, 2.24) is 29.4 Å². The monoisotopic (exact) mass is 368 g/mol. The lowest BCUT2D eigenvalue weighted by atomic mass is 10.1. The van der Waals surface area contributed by atoms with Crippen molar-refractivity contribution in [2.24, 2.45) is 7.05 Å². The summed E-state index contributed by atoms with van der Waals surface area (Å²) in [6, 6.07) is 7.56. The zero-order valence-corrected chi connectivity index (χ0v) is 15.6. The number of nitrogens with one attached hydrogen (secondary N) is 1. The van der Waals surface area contributed by atoms with Crippen molar-refractivity contribution in [3.63, 3.8) is 0 Å². The minimum atomic E-state index is -0.205. The van der Waals surface area contributed by atoms with Gasteiger partial charge in [0.1, 0.15) is 5.82 Å². The van der Waals surface area contributed by atoms with Gasteiger partial charge in [-0.15, -0.1) is 0 Å². The zero-order chi connectivity index (χ0) is 18.6.